The number of imidazole rings is 1. The molecule has 0 saturated carbocycles. The van der Waals surface area contributed by atoms with Gasteiger partial charge in [0.2, 0.25) is 0 Å². The van der Waals surface area contributed by atoms with Crippen molar-refractivity contribution in [1.29, 1.82) is 0 Å². The molecule has 3 rings (SSSR count). The highest BCUT2D eigenvalue weighted by Crippen LogP contribution is 2.32. The Kier molecular flexibility index (Phi) is 3.37. The van der Waals surface area contributed by atoms with Crippen molar-refractivity contribution in [3.05, 3.63) is 70.8 Å². The van der Waals surface area contributed by atoms with Gasteiger partial charge in [0.05, 0.1) is 22.3 Å². The van der Waals surface area contributed by atoms with E-state index >= 15 is 0 Å². The first kappa shape index (κ1) is 13.9. The second-order valence-electron chi connectivity index (χ2n) is 4.62. The fraction of sp³-hybridized carbons (Fsp3) is 0.133. The van der Waals surface area contributed by atoms with Crippen molar-refractivity contribution in [2.75, 3.05) is 0 Å². The number of hydrogen-bond donors (Lipinski definition) is 0. The third-order valence-corrected chi connectivity index (χ3v) is 3.59. The zero-order chi connectivity index (χ0) is 15.0. The van der Waals surface area contributed by atoms with Gasteiger partial charge in [-0.3, -0.25) is 0 Å². The summed E-state index contributed by atoms with van der Waals surface area (Å²) in [6, 6.07) is 8.97. The number of rotatable bonds is 2. The Labute approximate surface area is 123 Å². The molecule has 0 unspecified atom stereocenters. The second-order valence-corrected chi connectivity index (χ2v) is 5.02. The van der Waals surface area contributed by atoms with Crippen molar-refractivity contribution in [2.24, 2.45) is 0 Å². The molecule has 0 radical (unpaired) electrons. The molecular formula is C15H10ClF3N2. The van der Waals surface area contributed by atoms with Crippen LogP contribution in [0.25, 0.3) is 5.52 Å². The Morgan fingerprint density at radius 3 is 2.62 bits per heavy atom. The minimum atomic E-state index is -4.37. The minimum absolute atomic E-state index is 0.0875. The molecule has 2 nitrogen and oxygen atoms in total. The molecule has 0 aliphatic carbocycles. The van der Waals surface area contributed by atoms with E-state index < -0.39 is 11.7 Å². The maximum atomic E-state index is 13.0. The molecule has 0 aliphatic heterocycles. The quantitative estimate of drug-likeness (QED) is 0.676. The molecule has 2 heterocycles. The standard InChI is InChI=1S/C15H10ClF3N2/c16-12-6-3-7-21-13(12)9-20-14(21)8-10-4-1-2-5-11(10)15(17,18)19/h1-7,9H,8H2. The van der Waals surface area contributed by atoms with E-state index in [1.807, 2.05) is 0 Å². The van der Waals surface area contributed by atoms with E-state index in [1.54, 1.807) is 35.0 Å². The highest BCUT2D eigenvalue weighted by Gasteiger charge is 2.33. The Hall–Kier alpha value is -2.01. The lowest BCUT2D eigenvalue weighted by molar-refractivity contribution is -0.138. The molecule has 6 heteroatoms. The summed E-state index contributed by atoms with van der Waals surface area (Å²) in [7, 11) is 0. The van der Waals surface area contributed by atoms with Gasteiger partial charge in [0.15, 0.2) is 0 Å². The third kappa shape index (κ3) is 2.61. The van der Waals surface area contributed by atoms with Crippen LogP contribution in [-0.2, 0) is 12.6 Å². The summed E-state index contributed by atoms with van der Waals surface area (Å²) in [5, 5.41) is 0.514. The van der Waals surface area contributed by atoms with Gasteiger partial charge in [-0.05, 0) is 23.8 Å². The van der Waals surface area contributed by atoms with Gasteiger partial charge in [0.25, 0.3) is 0 Å². The second kappa shape index (κ2) is 5.07. The van der Waals surface area contributed by atoms with E-state index in [0.29, 0.717) is 16.4 Å². The van der Waals surface area contributed by atoms with E-state index in [4.69, 9.17) is 11.6 Å². The van der Waals surface area contributed by atoms with Crippen molar-refractivity contribution >= 4 is 17.1 Å². The maximum Gasteiger partial charge on any atom is 0.416 e. The van der Waals surface area contributed by atoms with Crippen molar-refractivity contribution in [3.8, 4) is 0 Å². The number of halogens is 4. The lowest BCUT2D eigenvalue weighted by Crippen LogP contribution is -2.10. The summed E-state index contributed by atoms with van der Waals surface area (Å²) in [5.74, 6) is 0.518. The van der Waals surface area contributed by atoms with E-state index in [9.17, 15) is 13.2 Å². The fourth-order valence-electron chi connectivity index (χ4n) is 2.29. The molecule has 0 fully saturated rings. The first-order chi connectivity index (χ1) is 9.97. The molecule has 0 aliphatic rings. The van der Waals surface area contributed by atoms with Crippen molar-refractivity contribution in [2.45, 2.75) is 12.6 Å². The summed E-state index contributed by atoms with van der Waals surface area (Å²) < 4.78 is 40.7. The molecule has 0 saturated heterocycles. The number of hydrogen-bond acceptors (Lipinski definition) is 1. The van der Waals surface area contributed by atoms with E-state index in [-0.39, 0.29) is 12.0 Å². The molecular weight excluding hydrogens is 301 g/mol. The summed E-state index contributed by atoms with van der Waals surface area (Å²) in [6.45, 7) is 0. The lowest BCUT2D eigenvalue weighted by Gasteiger charge is -2.12. The summed E-state index contributed by atoms with van der Waals surface area (Å²) in [5.41, 5.74) is 0.236. The van der Waals surface area contributed by atoms with Crippen LogP contribution < -0.4 is 0 Å². The van der Waals surface area contributed by atoms with Crippen LogP contribution in [0.15, 0.2) is 48.8 Å². The van der Waals surface area contributed by atoms with Gasteiger partial charge in [0, 0.05) is 12.6 Å². The average Bonchev–Trinajstić information content (AvgIpc) is 2.83. The third-order valence-electron chi connectivity index (χ3n) is 3.27. The molecule has 3 aromatic rings. The maximum absolute atomic E-state index is 13.0. The number of benzene rings is 1. The van der Waals surface area contributed by atoms with Crippen LogP contribution in [0, 0.1) is 0 Å². The van der Waals surface area contributed by atoms with Gasteiger partial charge in [-0.2, -0.15) is 13.2 Å². The smallest absolute Gasteiger partial charge is 0.302 e. The van der Waals surface area contributed by atoms with Crippen LogP contribution in [0.5, 0.6) is 0 Å². The topological polar surface area (TPSA) is 17.3 Å². The first-order valence-corrected chi connectivity index (χ1v) is 6.60. The van der Waals surface area contributed by atoms with Crippen LogP contribution in [0.4, 0.5) is 13.2 Å². The highest BCUT2D eigenvalue weighted by atomic mass is 35.5. The fourth-order valence-corrected chi connectivity index (χ4v) is 2.51. The Morgan fingerprint density at radius 2 is 1.86 bits per heavy atom. The average molecular weight is 311 g/mol. The summed E-state index contributed by atoms with van der Waals surface area (Å²) in [4.78, 5) is 4.19. The van der Waals surface area contributed by atoms with Crippen molar-refractivity contribution < 1.29 is 13.2 Å². The molecule has 21 heavy (non-hydrogen) atoms. The molecule has 0 atom stereocenters. The molecule has 0 bridgehead atoms. The van der Waals surface area contributed by atoms with E-state index in [0.717, 1.165) is 6.07 Å². The largest absolute Gasteiger partial charge is 0.416 e. The number of aromatic nitrogens is 2. The van der Waals surface area contributed by atoms with Gasteiger partial charge in [-0.25, -0.2) is 4.98 Å². The normalized spacial score (nSPS) is 12.0. The number of pyridine rings is 1. The molecule has 0 spiro atoms. The van der Waals surface area contributed by atoms with Gasteiger partial charge in [-0.15, -0.1) is 0 Å². The van der Waals surface area contributed by atoms with Crippen LogP contribution in [-0.4, -0.2) is 9.38 Å². The SMILES string of the molecule is FC(F)(F)c1ccccc1Cc1ncc2c(Cl)cccn12. The minimum Gasteiger partial charge on any atom is -0.302 e. The molecule has 108 valence electrons. The number of nitrogens with zero attached hydrogens (tertiary/aromatic N) is 2. The molecule has 1 aromatic carbocycles. The molecule has 0 amide bonds. The van der Waals surface area contributed by atoms with Gasteiger partial charge in [0.1, 0.15) is 5.82 Å². The van der Waals surface area contributed by atoms with E-state index in [1.165, 1.54) is 12.1 Å². The molecule has 0 N–H and O–H groups in total. The van der Waals surface area contributed by atoms with E-state index in [2.05, 4.69) is 4.98 Å². The highest BCUT2D eigenvalue weighted by molar-refractivity contribution is 6.33. The van der Waals surface area contributed by atoms with Crippen LogP contribution in [0.3, 0.4) is 0 Å². The van der Waals surface area contributed by atoms with Gasteiger partial charge < -0.3 is 4.40 Å². The van der Waals surface area contributed by atoms with Crippen LogP contribution >= 0.6 is 11.6 Å². The van der Waals surface area contributed by atoms with Gasteiger partial charge >= 0.3 is 6.18 Å². The number of alkyl halides is 3. The van der Waals surface area contributed by atoms with Crippen LogP contribution in [0.1, 0.15) is 17.0 Å². The Balaban J connectivity index is 2.06. The lowest BCUT2D eigenvalue weighted by atomic mass is 10.0. The van der Waals surface area contributed by atoms with Crippen molar-refractivity contribution in [3.63, 3.8) is 0 Å². The zero-order valence-corrected chi connectivity index (χ0v) is 11.5. The predicted molar refractivity (Wildman–Crippen MR) is 74.5 cm³/mol. The Bertz CT molecular complexity index is 793. The van der Waals surface area contributed by atoms with Gasteiger partial charge in [-0.1, -0.05) is 29.8 Å². The first-order valence-electron chi connectivity index (χ1n) is 6.22. The summed E-state index contributed by atoms with van der Waals surface area (Å²) >= 11 is 6.04. The Morgan fingerprint density at radius 1 is 1.10 bits per heavy atom. The monoisotopic (exact) mass is 310 g/mol. The summed E-state index contributed by atoms with van der Waals surface area (Å²) in [6.07, 6.45) is -0.987. The van der Waals surface area contributed by atoms with Crippen molar-refractivity contribution in [1.82, 2.24) is 9.38 Å². The van der Waals surface area contributed by atoms with Crippen LogP contribution in [0.2, 0.25) is 5.02 Å². The zero-order valence-electron chi connectivity index (χ0n) is 10.7. The predicted octanol–water partition coefficient (Wildman–Crippen LogP) is 4.60. The number of fused-ring (bicyclic) bond motifs is 1. The molecule has 2 aromatic heterocycles.